The normalized spacial score (nSPS) is 14.6. The van der Waals surface area contributed by atoms with Crippen molar-refractivity contribution in [1.82, 2.24) is 9.88 Å². The zero-order valence-corrected chi connectivity index (χ0v) is 21.1. The number of hydrogen-bond donors (Lipinski definition) is 0. The van der Waals surface area contributed by atoms with E-state index in [1.165, 1.54) is 5.56 Å². The van der Waals surface area contributed by atoms with Gasteiger partial charge < -0.3 is 13.9 Å². The second-order valence-corrected chi connectivity index (χ2v) is 9.74. The summed E-state index contributed by atoms with van der Waals surface area (Å²) in [4.78, 5) is 7.14. The third kappa shape index (κ3) is 5.79. The summed E-state index contributed by atoms with van der Waals surface area (Å²) in [6, 6.07) is 31.5. The van der Waals surface area contributed by atoms with Crippen molar-refractivity contribution in [1.29, 1.82) is 0 Å². The van der Waals surface area contributed by atoms with Crippen LogP contribution in [0.15, 0.2) is 101 Å². The monoisotopic (exact) mass is 510 g/mol. The summed E-state index contributed by atoms with van der Waals surface area (Å²) < 4.78 is 18.2. The quantitative estimate of drug-likeness (QED) is 0.222. The minimum absolute atomic E-state index is 0.237. The largest absolute Gasteiger partial charge is 0.490 e. The van der Waals surface area contributed by atoms with Crippen LogP contribution in [-0.4, -0.2) is 29.1 Å². The highest BCUT2D eigenvalue weighted by Gasteiger charge is 2.21. The van der Waals surface area contributed by atoms with Gasteiger partial charge in [-0.2, -0.15) is 0 Å². The van der Waals surface area contributed by atoms with Gasteiger partial charge in [-0.15, -0.1) is 0 Å². The Labute approximate surface area is 221 Å². The molecule has 0 aliphatic carbocycles. The van der Waals surface area contributed by atoms with Crippen molar-refractivity contribution in [3.05, 3.63) is 108 Å². The first-order chi connectivity index (χ1) is 18.2. The van der Waals surface area contributed by atoms with Gasteiger partial charge in [0.25, 0.3) is 0 Å². The fourth-order valence-corrected chi connectivity index (χ4v) is 4.75. The molecule has 0 atom stereocenters. The van der Waals surface area contributed by atoms with Crippen molar-refractivity contribution < 1.29 is 13.9 Å². The van der Waals surface area contributed by atoms with Crippen LogP contribution >= 0.6 is 11.6 Å². The molecule has 37 heavy (non-hydrogen) atoms. The fraction of sp³-hybridized carbons (Fsp3) is 0.194. The van der Waals surface area contributed by atoms with E-state index in [1.807, 2.05) is 54.6 Å². The van der Waals surface area contributed by atoms with Gasteiger partial charge in [0.05, 0.1) is 0 Å². The van der Waals surface area contributed by atoms with Crippen LogP contribution < -0.4 is 9.47 Å². The van der Waals surface area contributed by atoms with E-state index in [9.17, 15) is 0 Å². The van der Waals surface area contributed by atoms with Crippen molar-refractivity contribution in [3.63, 3.8) is 0 Å². The summed E-state index contributed by atoms with van der Waals surface area (Å²) in [5.41, 5.74) is 3.72. The lowest BCUT2D eigenvalue weighted by Gasteiger charge is -2.32. The number of oxazole rings is 1. The maximum Gasteiger partial charge on any atom is 0.227 e. The van der Waals surface area contributed by atoms with Crippen LogP contribution in [0, 0.1) is 0 Å². The van der Waals surface area contributed by atoms with E-state index in [2.05, 4.69) is 40.2 Å². The number of aromatic nitrogens is 1. The number of benzene rings is 4. The molecule has 1 saturated heterocycles. The van der Waals surface area contributed by atoms with Crippen molar-refractivity contribution in [2.24, 2.45) is 0 Å². The van der Waals surface area contributed by atoms with Crippen molar-refractivity contribution in [2.45, 2.75) is 25.5 Å². The molecule has 2 heterocycles. The molecule has 1 aliphatic rings. The molecule has 6 heteroatoms. The van der Waals surface area contributed by atoms with Crippen LogP contribution in [0.5, 0.6) is 17.2 Å². The standard InChI is InChI=1S/C31H27ClN2O3/c32-24-8-12-26(13-9-24)36-28-14-15-29-30(20-28)37-31(33-29)23-6-10-25(11-7-23)35-27-16-18-34(19-17-27)21-22-4-2-1-3-5-22/h1-15,20,27H,16-19,21H2. The van der Waals surface area contributed by atoms with Crippen molar-refractivity contribution in [3.8, 4) is 28.7 Å². The molecule has 1 fully saturated rings. The van der Waals surface area contributed by atoms with E-state index >= 15 is 0 Å². The van der Waals surface area contributed by atoms with Gasteiger partial charge in [-0.05, 0) is 79.1 Å². The van der Waals surface area contributed by atoms with Gasteiger partial charge in [0, 0.05) is 36.3 Å². The Hall–Kier alpha value is -3.80. The summed E-state index contributed by atoms with van der Waals surface area (Å²) in [6.07, 6.45) is 2.29. The lowest BCUT2D eigenvalue weighted by atomic mass is 10.1. The first kappa shape index (κ1) is 23.6. The zero-order valence-electron chi connectivity index (χ0n) is 20.3. The second kappa shape index (κ2) is 10.7. The second-order valence-electron chi connectivity index (χ2n) is 9.31. The van der Waals surface area contributed by atoms with Gasteiger partial charge in [-0.25, -0.2) is 4.98 Å². The summed E-state index contributed by atoms with van der Waals surface area (Å²) in [5, 5.41) is 0.670. The van der Waals surface area contributed by atoms with Gasteiger partial charge in [-0.1, -0.05) is 41.9 Å². The first-order valence-electron chi connectivity index (χ1n) is 12.6. The predicted molar refractivity (Wildman–Crippen MR) is 146 cm³/mol. The van der Waals surface area contributed by atoms with Crippen LogP contribution in [0.3, 0.4) is 0 Å². The number of hydrogen-bond acceptors (Lipinski definition) is 5. The Balaban J connectivity index is 1.06. The summed E-state index contributed by atoms with van der Waals surface area (Å²) in [6.45, 7) is 3.09. The van der Waals surface area contributed by atoms with Gasteiger partial charge in [-0.3, -0.25) is 4.90 Å². The SMILES string of the molecule is Clc1ccc(Oc2ccc3nc(-c4ccc(OC5CCN(Cc6ccccc6)CC5)cc4)oc3c2)cc1. The molecular weight excluding hydrogens is 484 g/mol. The highest BCUT2D eigenvalue weighted by molar-refractivity contribution is 6.30. The summed E-state index contributed by atoms with van der Waals surface area (Å²) in [7, 11) is 0. The van der Waals surface area contributed by atoms with Crippen molar-refractivity contribution >= 4 is 22.7 Å². The molecule has 5 aromatic rings. The highest BCUT2D eigenvalue weighted by Crippen LogP contribution is 2.31. The van der Waals surface area contributed by atoms with E-state index in [1.54, 1.807) is 12.1 Å². The molecule has 1 aromatic heterocycles. The maximum atomic E-state index is 6.28. The molecule has 5 nitrogen and oxygen atoms in total. The van der Waals surface area contributed by atoms with Gasteiger partial charge in [0.15, 0.2) is 5.58 Å². The number of halogens is 1. The van der Waals surface area contributed by atoms with E-state index in [0.717, 1.165) is 49.3 Å². The van der Waals surface area contributed by atoms with E-state index in [-0.39, 0.29) is 6.10 Å². The Morgan fingerprint density at radius 1 is 0.811 bits per heavy atom. The molecule has 4 aromatic carbocycles. The highest BCUT2D eigenvalue weighted by atomic mass is 35.5. The maximum absolute atomic E-state index is 6.28. The zero-order chi connectivity index (χ0) is 25.0. The van der Waals surface area contributed by atoms with Crippen LogP contribution in [-0.2, 0) is 6.54 Å². The van der Waals surface area contributed by atoms with Gasteiger partial charge in [0.2, 0.25) is 5.89 Å². The molecule has 0 spiro atoms. The third-order valence-electron chi connectivity index (χ3n) is 6.60. The number of likely N-dealkylation sites (tertiary alicyclic amines) is 1. The van der Waals surface area contributed by atoms with Crippen LogP contribution in [0.4, 0.5) is 0 Å². The number of fused-ring (bicyclic) bond motifs is 1. The Morgan fingerprint density at radius 2 is 1.51 bits per heavy atom. The third-order valence-corrected chi connectivity index (χ3v) is 6.85. The lowest BCUT2D eigenvalue weighted by molar-refractivity contribution is 0.0968. The smallest absolute Gasteiger partial charge is 0.227 e. The Kier molecular flexibility index (Phi) is 6.80. The van der Waals surface area contributed by atoms with E-state index in [4.69, 9.17) is 25.5 Å². The molecule has 186 valence electrons. The summed E-state index contributed by atoms with van der Waals surface area (Å²) in [5.74, 6) is 2.83. The molecule has 0 unspecified atom stereocenters. The van der Waals surface area contributed by atoms with Crippen LogP contribution in [0.25, 0.3) is 22.6 Å². The molecule has 0 amide bonds. The number of piperidine rings is 1. The molecule has 0 saturated carbocycles. The topological polar surface area (TPSA) is 47.7 Å². The average Bonchev–Trinajstić information content (AvgIpc) is 3.36. The fourth-order valence-electron chi connectivity index (χ4n) is 4.63. The number of ether oxygens (including phenoxy) is 2. The van der Waals surface area contributed by atoms with Crippen LogP contribution in [0.1, 0.15) is 18.4 Å². The Morgan fingerprint density at radius 3 is 2.27 bits per heavy atom. The van der Waals surface area contributed by atoms with E-state index in [0.29, 0.717) is 28.0 Å². The molecular formula is C31H27ClN2O3. The summed E-state index contributed by atoms with van der Waals surface area (Å²) >= 11 is 5.95. The van der Waals surface area contributed by atoms with E-state index < -0.39 is 0 Å². The molecule has 0 bridgehead atoms. The first-order valence-corrected chi connectivity index (χ1v) is 12.9. The lowest BCUT2D eigenvalue weighted by Crippen LogP contribution is -2.37. The minimum Gasteiger partial charge on any atom is -0.490 e. The van der Waals surface area contributed by atoms with Gasteiger partial charge >= 0.3 is 0 Å². The number of nitrogens with zero attached hydrogens (tertiary/aromatic N) is 2. The van der Waals surface area contributed by atoms with Crippen molar-refractivity contribution in [2.75, 3.05) is 13.1 Å². The molecule has 0 N–H and O–H groups in total. The Bertz CT molecular complexity index is 1460. The van der Waals surface area contributed by atoms with Crippen LogP contribution in [0.2, 0.25) is 5.02 Å². The molecule has 0 radical (unpaired) electrons. The predicted octanol–water partition coefficient (Wildman–Crippen LogP) is 7.98. The molecule has 1 aliphatic heterocycles. The number of rotatable bonds is 7. The molecule has 6 rings (SSSR count). The minimum atomic E-state index is 0.237. The average molecular weight is 511 g/mol. The van der Waals surface area contributed by atoms with Gasteiger partial charge in [0.1, 0.15) is 28.9 Å².